The molecule has 0 saturated carbocycles. The zero-order valence-electron chi connectivity index (χ0n) is 12.5. The van der Waals surface area contributed by atoms with Crippen LogP contribution in [0.15, 0.2) is 54.9 Å². The number of nitrogens with zero attached hydrogens (tertiary/aromatic N) is 4. The number of aryl methyl sites for hydroxylation is 2. The van der Waals surface area contributed by atoms with Gasteiger partial charge < -0.3 is 5.11 Å². The predicted molar refractivity (Wildman–Crippen MR) is 85.0 cm³/mol. The van der Waals surface area contributed by atoms with Crippen LogP contribution in [0.3, 0.4) is 0 Å². The van der Waals surface area contributed by atoms with Crippen LogP contribution in [0.1, 0.15) is 22.5 Å². The first-order valence-electron chi connectivity index (χ1n) is 7.37. The second-order valence-electron chi connectivity index (χ2n) is 5.14. The average molecular weight is 308 g/mol. The van der Waals surface area contributed by atoms with Crippen LogP contribution in [0.4, 0.5) is 0 Å². The summed E-state index contributed by atoms with van der Waals surface area (Å²) in [4.78, 5) is 15.3. The number of hydrogen-bond acceptors (Lipinski definition) is 4. The van der Waals surface area contributed by atoms with Crippen LogP contribution in [0.5, 0.6) is 0 Å². The van der Waals surface area contributed by atoms with E-state index < -0.39 is 5.97 Å². The number of aromatic carboxylic acids is 1. The molecule has 6 nitrogen and oxygen atoms in total. The number of carbonyl (C=O) groups is 1. The van der Waals surface area contributed by atoms with Crippen molar-refractivity contribution in [3.63, 3.8) is 0 Å². The van der Waals surface area contributed by atoms with Crippen molar-refractivity contribution in [1.29, 1.82) is 0 Å². The fourth-order valence-corrected chi connectivity index (χ4v) is 2.49. The Labute approximate surface area is 133 Å². The lowest BCUT2D eigenvalue weighted by atomic mass is 10.1. The molecule has 0 fully saturated rings. The monoisotopic (exact) mass is 308 g/mol. The van der Waals surface area contributed by atoms with E-state index in [0.29, 0.717) is 12.2 Å². The highest BCUT2D eigenvalue weighted by Gasteiger charge is 2.20. The molecular formula is C17H16N4O2. The molecule has 0 atom stereocenters. The van der Waals surface area contributed by atoms with Gasteiger partial charge in [-0.1, -0.05) is 35.5 Å². The fraction of sp³-hybridized carbons (Fsp3) is 0.176. The van der Waals surface area contributed by atoms with Gasteiger partial charge in [0.25, 0.3) is 0 Å². The number of carboxylic acids is 1. The summed E-state index contributed by atoms with van der Waals surface area (Å²) in [7, 11) is 0. The standard InChI is InChI=1S/C17H16N4O2/c22-17(23)15-16(14-8-10-18-11-9-14)21(20-19-15)12-4-7-13-5-2-1-3-6-13/h1-3,5-6,8-11H,4,7,12H2,(H,22,23). The molecule has 0 amide bonds. The van der Waals surface area contributed by atoms with Gasteiger partial charge >= 0.3 is 5.97 Å². The van der Waals surface area contributed by atoms with Crippen molar-refractivity contribution in [3.8, 4) is 11.3 Å². The van der Waals surface area contributed by atoms with Gasteiger partial charge in [0.1, 0.15) is 5.69 Å². The van der Waals surface area contributed by atoms with Crippen LogP contribution in [0, 0.1) is 0 Å². The first-order valence-corrected chi connectivity index (χ1v) is 7.37. The second-order valence-corrected chi connectivity index (χ2v) is 5.14. The van der Waals surface area contributed by atoms with Crippen LogP contribution in [-0.4, -0.2) is 31.1 Å². The quantitative estimate of drug-likeness (QED) is 0.757. The molecular weight excluding hydrogens is 292 g/mol. The summed E-state index contributed by atoms with van der Waals surface area (Å²) in [6, 6.07) is 13.7. The minimum Gasteiger partial charge on any atom is -0.476 e. The molecule has 0 radical (unpaired) electrons. The van der Waals surface area contributed by atoms with Crippen LogP contribution in [0.2, 0.25) is 0 Å². The van der Waals surface area contributed by atoms with Crippen LogP contribution in [-0.2, 0) is 13.0 Å². The molecule has 116 valence electrons. The Morgan fingerprint density at radius 1 is 1.09 bits per heavy atom. The van der Waals surface area contributed by atoms with E-state index in [2.05, 4.69) is 27.4 Å². The van der Waals surface area contributed by atoms with Crippen molar-refractivity contribution in [3.05, 3.63) is 66.1 Å². The normalized spacial score (nSPS) is 10.6. The van der Waals surface area contributed by atoms with Crippen LogP contribution < -0.4 is 0 Å². The number of aromatic nitrogens is 4. The first-order chi connectivity index (χ1) is 11.3. The van der Waals surface area contributed by atoms with Gasteiger partial charge in [-0.05, 0) is 30.5 Å². The Kier molecular flexibility index (Phi) is 4.42. The summed E-state index contributed by atoms with van der Waals surface area (Å²) in [6.07, 6.45) is 5.01. The molecule has 0 saturated heterocycles. The Morgan fingerprint density at radius 3 is 2.52 bits per heavy atom. The summed E-state index contributed by atoms with van der Waals surface area (Å²) in [5.74, 6) is -1.08. The molecule has 0 aliphatic carbocycles. The highest BCUT2D eigenvalue weighted by molar-refractivity contribution is 5.92. The third-order valence-electron chi connectivity index (χ3n) is 3.57. The van der Waals surface area contributed by atoms with Crippen molar-refractivity contribution < 1.29 is 9.90 Å². The summed E-state index contributed by atoms with van der Waals surface area (Å²) in [6.45, 7) is 0.604. The lowest BCUT2D eigenvalue weighted by molar-refractivity contribution is 0.0691. The molecule has 6 heteroatoms. The van der Waals surface area contributed by atoms with E-state index >= 15 is 0 Å². The number of benzene rings is 1. The van der Waals surface area contributed by atoms with Crippen molar-refractivity contribution in [2.75, 3.05) is 0 Å². The largest absolute Gasteiger partial charge is 0.476 e. The third kappa shape index (κ3) is 3.42. The first kappa shape index (κ1) is 14.9. The SMILES string of the molecule is O=C(O)c1nnn(CCCc2ccccc2)c1-c1ccncc1. The summed E-state index contributed by atoms with van der Waals surface area (Å²) >= 11 is 0. The molecule has 2 aromatic heterocycles. The maximum atomic E-state index is 11.4. The Hall–Kier alpha value is -3.02. The minimum atomic E-state index is -1.08. The zero-order chi connectivity index (χ0) is 16.1. The van der Waals surface area contributed by atoms with Crippen LogP contribution in [0.25, 0.3) is 11.3 Å². The van der Waals surface area contributed by atoms with Gasteiger partial charge in [-0.2, -0.15) is 0 Å². The number of pyridine rings is 1. The molecule has 0 spiro atoms. The summed E-state index contributed by atoms with van der Waals surface area (Å²) in [5.41, 5.74) is 2.49. The molecule has 1 aromatic carbocycles. The summed E-state index contributed by atoms with van der Waals surface area (Å²) in [5, 5.41) is 17.1. The average Bonchev–Trinajstić information content (AvgIpc) is 3.01. The Balaban J connectivity index is 1.81. The number of carboxylic acid groups (broad SMARTS) is 1. The predicted octanol–water partition coefficient (Wildman–Crippen LogP) is 2.67. The van der Waals surface area contributed by atoms with E-state index in [1.54, 1.807) is 29.2 Å². The molecule has 3 aromatic rings. The summed E-state index contributed by atoms with van der Waals surface area (Å²) < 4.78 is 1.65. The smallest absolute Gasteiger partial charge is 0.358 e. The van der Waals surface area contributed by atoms with Gasteiger partial charge in [0, 0.05) is 24.5 Å². The molecule has 0 unspecified atom stereocenters. The second kappa shape index (κ2) is 6.83. The lowest BCUT2D eigenvalue weighted by Crippen LogP contribution is -2.06. The molecule has 0 bridgehead atoms. The third-order valence-corrected chi connectivity index (χ3v) is 3.57. The van der Waals surface area contributed by atoms with Crippen LogP contribution >= 0.6 is 0 Å². The van der Waals surface area contributed by atoms with Crippen molar-refractivity contribution in [2.24, 2.45) is 0 Å². The van der Waals surface area contributed by atoms with E-state index in [1.165, 1.54) is 5.56 Å². The van der Waals surface area contributed by atoms with E-state index in [-0.39, 0.29) is 5.69 Å². The Morgan fingerprint density at radius 2 is 1.83 bits per heavy atom. The molecule has 23 heavy (non-hydrogen) atoms. The minimum absolute atomic E-state index is 0.0316. The molecule has 1 N–H and O–H groups in total. The Bertz CT molecular complexity index is 785. The topological polar surface area (TPSA) is 80.9 Å². The van der Waals surface area contributed by atoms with E-state index in [9.17, 15) is 9.90 Å². The number of rotatable bonds is 6. The highest BCUT2D eigenvalue weighted by Crippen LogP contribution is 2.22. The molecule has 0 aliphatic rings. The lowest BCUT2D eigenvalue weighted by Gasteiger charge is -2.07. The highest BCUT2D eigenvalue weighted by atomic mass is 16.4. The van der Waals surface area contributed by atoms with Crippen molar-refractivity contribution in [2.45, 2.75) is 19.4 Å². The zero-order valence-corrected chi connectivity index (χ0v) is 12.5. The van der Waals surface area contributed by atoms with Crippen molar-refractivity contribution >= 4 is 5.97 Å². The number of hydrogen-bond donors (Lipinski definition) is 1. The van der Waals surface area contributed by atoms with E-state index in [0.717, 1.165) is 18.4 Å². The van der Waals surface area contributed by atoms with Gasteiger partial charge in [-0.3, -0.25) is 4.98 Å². The van der Waals surface area contributed by atoms with Gasteiger partial charge in [0.05, 0.1) is 0 Å². The van der Waals surface area contributed by atoms with Gasteiger partial charge in [-0.15, -0.1) is 5.10 Å². The fourth-order valence-electron chi connectivity index (χ4n) is 2.49. The molecule has 0 aliphatic heterocycles. The maximum absolute atomic E-state index is 11.4. The molecule has 3 rings (SSSR count). The maximum Gasteiger partial charge on any atom is 0.358 e. The van der Waals surface area contributed by atoms with Crippen molar-refractivity contribution in [1.82, 2.24) is 20.0 Å². The molecule has 2 heterocycles. The van der Waals surface area contributed by atoms with Gasteiger partial charge in [-0.25, -0.2) is 9.48 Å². The van der Waals surface area contributed by atoms with E-state index in [1.807, 2.05) is 18.2 Å². The van der Waals surface area contributed by atoms with E-state index in [4.69, 9.17) is 0 Å². The van der Waals surface area contributed by atoms with Gasteiger partial charge in [0.2, 0.25) is 0 Å². The van der Waals surface area contributed by atoms with Gasteiger partial charge in [0.15, 0.2) is 5.69 Å².